The second-order valence-corrected chi connectivity index (χ2v) is 5.92. The van der Waals surface area contributed by atoms with E-state index in [1.807, 2.05) is 6.07 Å². The van der Waals surface area contributed by atoms with E-state index < -0.39 is 0 Å². The lowest BCUT2D eigenvalue weighted by Gasteiger charge is -2.37. The van der Waals surface area contributed by atoms with Gasteiger partial charge < -0.3 is 5.73 Å². The molecule has 2 nitrogen and oxygen atoms in total. The molecule has 0 heterocycles. The molecule has 2 rings (SSSR count). The molecular weight excluding hydrogens is 263 g/mol. The highest BCUT2D eigenvalue weighted by Crippen LogP contribution is 2.28. The van der Waals surface area contributed by atoms with E-state index in [9.17, 15) is 4.39 Å². The summed E-state index contributed by atoms with van der Waals surface area (Å²) in [6, 6.07) is 5.56. The summed E-state index contributed by atoms with van der Waals surface area (Å²) in [7, 11) is 2.10. The van der Waals surface area contributed by atoms with Crippen molar-refractivity contribution < 1.29 is 4.39 Å². The van der Waals surface area contributed by atoms with E-state index in [1.165, 1.54) is 31.7 Å². The predicted molar refractivity (Wildman–Crippen MR) is 77.7 cm³/mol. The second-order valence-electron chi connectivity index (χ2n) is 5.51. The van der Waals surface area contributed by atoms with Crippen molar-refractivity contribution in [1.82, 2.24) is 4.90 Å². The fraction of sp³-hybridized carbons (Fsp3) is 0.600. The van der Waals surface area contributed by atoms with Gasteiger partial charge in [0.2, 0.25) is 0 Å². The fourth-order valence-electron chi connectivity index (χ4n) is 3.09. The molecule has 0 aliphatic heterocycles. The van der Waals surface area contributed by atoms with Gasteiger partial charge in [-0.1, -0.05) is 30.5 Å². The average Bonchev–Trinajstić information content (AvgIpc) is 2.43. The highest BCUT2D eigenvalue weighted by Gasteiger charge is 2.27. The molecular formula is C15H22ClFN2. The first-order valence-corrected chi connectivity index (χ1v) is 7.34. The number of hydrogen-bond donors (Lipinski definition) is 1. The number of hydrogen-bond acceptors (Lipinski definition) is 2. The van der Waals surface area contributed by atoms with Crippen molar-refractivity contribution in [3.05, 3.63) is 34.6 Å². The Morgan fingerprint density at radius 2 is 2.11 bits per heavy atom. The predicted octanol–water partition coefficient (Wildman–Crippen LogP) is 3.43. The van der Waals surface area contributed by atoms with Gasteiger partial charge in [-0.3, -0.25) is 4.90 Å². The van der Waals surface area contributed by atoms with Gasteiger partial charge in [0, 0.05) is 12.6 Å². The lowest BCUT2D eigenvalue weighted by atomic mass is 9.83. The van der Waals surface area contributed by atoms with Crippen LogP contribution >= 0.6 is 11.6 Å². The minimum Gasteiger partial charge on any atom is -0.330 e. The summed E-state index contributed by atoms with van der Waals surface area (Å²) in [5.41, 5.74) is 6.83. The van der Waals surface area contributed by atoms with Crippen molar-refractivity contribution in [3.8, 4) is 0 Å². The van der Waals surface area contributed by atoms with E-state index in [2.05, 4.69) is 11.9 Å². The van der Waals surface area contributed by atoms with E-state index >= 15 is 0 Å². The molecule has 1 aromatic rings. The molecule has 1 aromatic carbocycles. The third-order valence-corrected chi connectivity index (χ3v) is 4.46. The zero-order valence-electron chi connectivity index (χ0n) is 11.4. The molecule has 0 saturated heterocycles. The van der Waals surface area contributed by atoms with Crippen LogP contribution in [-0.2, 0) is 6.54 Å². The van der Waals surface area contributed by atoms with E-state index in [0.29, 0.717) is 12.0 Å². The first kappa shape index (κ1) is 14.8. The van der Waals surface area contributed by atoms with Gasteiger partial charge in [-0.25, -0.2) is 4.39 Å². The van der Waals surface area contributed by atoms with Crippen LogP contribution in [0.5, 0.6) is 0 Å². The summed E-state index contributed by atoms with van der Waals surface area (Å²) in [5, 5.41) is 0.184. The summed E-state index contributed by atoms with van der Waals surface area (Å²) in [4.78, 5) is 2.30. The molecule has 1 fully saturated rings. The topological polar surface area (TPSA) is 29.3 Å². The van der Waals surface area contributed by atoms with Crippen molar-refractivity contribution in [1.29, 1.82) is 0 Å². The van der Waals surface area contributed by atoms with Gasteiger partial charge in [0.15, 0.2) is 0 Å². The Labute approximate surface area is 119 Å². The molecule has 0 spiro atoms. The van der Waals surface area contributed by atoms with Gasteiger partial charge >= 0.3 is 0 Å². The lowest BCUT2D eigenvalue weighted by molar-refractivity contribution is 0.127. The van der Waals surface area contributed by atoms with Gasteiger partial charge in [-0.05, 0) is 50.0 Å². The minimum atomic E-state index is -0.341. The molecule has 1 aliphatic carbocycles. The molecule has 1 aliphatic rings. The minimum absolute atomic E-state index is 0.184. The summed E-state index contributed by atoms with van der Waals surface area (Å²) < 4.78 is 13.4. The van der Waals surface area contributed by atoms with Crippen LogP contribution in [0.3, 0.4) is 0 Å². The van der Waals surface area contributed by atoms with Gasteiger partial charge in [0.25, 0.3) is 0 Å². The molecule has 0 bridgehead atoms. The van der Waals surface area contributed by atoms with Crippen molar-refractivity contribution in [2.24, 2.45) is 11.7 Å². The third kappa shape index (κ3) is 3.68. The smallest absolute Gasteiger partial charge is 0.142 e. The van der Waals surface area contributed by atoms with Crippen molar-refractivity contribution in [2.75, 3.05) is 13.6 Å². The van der Waals surface area contributed by atoms with Crippen LogP contribution < -0.4 is 5.73 Å². The molecule has 0 amide bonds. The van der Waals surface area contributed by atoms with Crippen LogP contribution in [0.4, 0.5) is 4.39 Å². The zero-order valence-corrected chi connectivity index (χ0v) is 12.2. The third-order valence-electron chi connectivity index (χ3n) is 4.15. The second kappa shape index (κ2) is 6.69. The Kier molecular flexibility index (Phi) is 5.20. The van der Waals surface area contributed by atoms with Crippen LogP contribution in [0, 0.1) is 11.7 Å². The van der Waals surface area contributed by atoms with Crippen molar-refractivity contribution in [3.63, 3.8) is 0 Å². The number of halogens is 2. The molecule has 106 valence electrons. The largest absolute Gasteiger partial charge is 0.330 e. The summed E-state index contributed by atoms with van der Waals surface area (Å²) in [6.45, 7) is 1.49. The van der Waals surface area contributed by atoms with E-state index in [1.54, 1.807) is 6.07 Å². The van der Waals surface area contributed by atoms with Crippen LogP contribution in [0.1, 0.15) is 31.2 Å². The molecule has 19 heavy (non-hydrogen) atoms. The summed E-state index contributed by atoms with van der Waals surface area (Å²) >= 11 is 5.71. The van der Waals surface area contributed by atoms with Gasteiger partial charge in [0.05, 0.1) is 5.02 Å². The number of benzene rings is 1. The van der Waals surface area contributed by atoms with E-state index in [0.717, 1.165) is 18.7 Å². The summed E-state index contributed by atoms with van der Waals surface area (Å²) in [6.07, 6.45) is 4.94. The fourth-order valence-corrected chi connectivity index (χ4v) is 3.20. The number of nitrogens with zero attached hydrogens (tertiary/aromatic N) is 1. The molecule has 2 atom stereocenters. The molecule has 0 aromatic heterocycles. The molecule has 0 radical (unpaired) electrons. The quantitative estimate of drug-likeness (QED) is 0.918. The standard InChI is InChI=1S/C15H22ClFN2/c1-19(15-5-3-2-4-12(15)9-18)10-11-6-7-13(16)14(17)8-11/h6-8,12,15H,2-5,9-10,18H2,1H3. The van der Waals surface area contributed by atoms with Gasteiger partial charge in [-0.15, -0.1) is 0 Å². The van der Waals surface area contributed by atoms with Crippen molar-refractivity contribution in [2.45, 2.75) is 38.3 Å². The van der Waals surface area contributed by atoms with E-state index in [4.69, 9.17) is 17.3 Å². The Hall–Kier alpha value is -0.640. The highest BCUT2D eigenvalue weighted by molar-refractivity contribution is 6.30. The van der Waals surface area contributed by atoms with Crippen LogP contribution in [0.15, 0.2) is 18.2 Å². The Morgan fingerprint density at radius 3 is 2.79 bits per heavy atom. The zero-order chi connectivity index (χ0) is 13.8. The highest BCUT2D eigenvalue weighted by atomic mass is 35.5. The van der Waals surface area contributed by atoms with Gasteiger partial charge in [0.1, 0.15) is 5.82 Å². The number of rotatable bonds is 4. The molecule has 4 heteroatoms. The SMILES string of the molecule is CN(Cc1ccc(Cl)c(F)c1)C1CCCCC1CN. The Balaban J connectivity index is 2.02. The first-order chi connectivity index (χ1) is 9.11. The maximum atomic E-state index is 13.4. The van der Waals surface area contributed by atoms with E-state index in [-0.39, 0.29) is 10.8 Å². The Bertz CT molecular complexity index is 425. The monoisotopic (exact) mass is 284 g/mol. The summed E-state index contributed by atoms with van der Waals surface area (Å²) in [5.74, 6) is 0.225. The number of nitrogens with two attached hydrogens (primary N) is 1. The maximum Gasteiger partial charge on any atom is 0.142 e. The average molecular weight is 285 g/mol. The molecule has 2 N–H and O–H groups in total. The normalized spacial score (nSPS) is 23.8. The van der Waals surface area contributed by atoms with Crippen LogP contribution in [0.2, 0.25) is 5.02 Å². The first-order valence-electron chi connectivity index (χ1n) is 6.96. The molecule has 2 unspecified atom stereocenters. The lowest BCUT2D eigenvalue weighted by Crippen LogP contribution is -2.42. The maximum absolute atomic E-state index is 13.4. The van der Waals surface area contributed by atoms with Crippen molar-refractivity contribution >= 4 is 11.6 Å². The van der Waals surface area contributed by atoms with Crippen LogP contribution in [-0.4, -0.2) is 24.5 Å². The van der Waals surface area contributed by atoms with Crippen LogP contribution in [0.25, 0.3) is 0 Å². The van der Waals surface area contributed by atoms with Gasteiger partial charge in [-0.2, -0.15) is 0 Å². The molecule has 1 saturated carbocycles. The Morgan fingerprint density at radius 1 is 1.37 bits per heavy atom.